The first-order valence-electron chi connectivity index (χ1n) is 10.1. The zero-order valence-corrected chi connectivity index (χ0v) is 18.3. The lowest BCUT2D eigenvalue weighted by Crippen LogP contribution is -2.48. The predicted octanol–water partition coefficient (Wildman–Crippen LogP) is 3.63. The van der Waals surface area contributed by atoms with Crippen LogP contribution in [0.3, 0.4) is 0 Å². The smallest absolute Gasteiger partial charge is 0.422 e. The highest BCUT2D eigenvalue weighted by atomic mass is 19.4. The van der Waals surface area contributed by atoms with Crippen LogP contribution >= 0.6 is 0 Å². The largest absolute Gasteiger partial charge is 0.489 e. The van der Waals surface area contributed by atoms with Crippen LogP contribution in [0.1, 0.15) is 47.0 Å². The summed E-state index contributed by atoms with van der Waals surface area (Å²) in [7, 11) is 0. The van der Waals surface area contributed by atoms with Gasteiger partial charge in [-0.25, -0.2) is 0 Å². The zero-order chi connectivity index (χ0) is 24.0. The molecule has 6 nitrogen and oxygen atoms in total. The van der Waals surface area contributed by atoms with Crippen molar-refractivity contribution in [1.82, 2.24) is 0 Å². The van der Waals surface area contributed by atoms with Crippen molar-refractivity contribution in [1.29, 1.82) is 0 Å². The number of cyclic esters (lactones) is 1. The molecular formula is C22H31F3O6. The number of alkyl halides is 3. The SMILES string of the molecule is C=C1/C=C(\C)[C@H](CC)OC(=O)[C@H](C)C(=O)C(O)(CO)C/C(OCC(F)(F)F)=C/[C@@H](C)C1. The molecule has 0 radical (unpaired) electrons. The predicted molar refractivity (Wildman–Crippen MR) is 108 cm³/mol. The van der Waals surface area contributed by atoms with Gasteiger partial charge in [0.2, 0.25) is 0 Å². The maximum Gasteiger partial charge on any atom is 0.422 e. The Morgan fingerprint density at radius 3 is 2.45 bits per heavy atom. The molecule has 176 valence electrons. The van der Waals surface area contributed by atoms with Gasteiger partial charge < -0.3 is 19.7 Å². The number of carbonyl (C=O) groups is 2. The third-order valence-corrected chi connectivity index (χ3v) is 4.98. The van der Waals surface area contributed by atoms with E-state index in [1.54, 1.807) is 26.8 Å². The third-order valence-electron chi connectivity index (χ3n) is 4.98. The van der Waals surface area contributed by atoms with Crippen molar-refractivity contribution in [2.75, 3.05) is 13.2 Å². The maximum atomic E-state index is 12.8. The van der Waals surface area contributed by atoms with Crippen molar-refractivity contribution in [2.24, 2.45) is 11.8 Å². The number of halogens is 3. The monoisotopic (exact) mass is 448 g/mol. The molecule has 31 heavy (non-hydrogen) atoms. The number of ketones is 1. The summed E-state index contributed by atoms with van der Waals surface area (Å²) in [4.78, 5) is 25.3. The molecule has 0 spiro atoms. The average Bonchev–Trinajstić information content (AvgIpc) is 2.66. The number of aliphatic hydroxyl groups is 2. The standard InChI is InChI=1S/C22H31F3O6/c1-6-18-15(4)8-13(2)7-14(3)9-17(30-12-22(23,24)25)10-21(29,11-26)19(27)16(5)20(28)31-18/h8-9,14,16,18,26,29H,2,6-7,10-12H2,1,3-5H3/b15-8+,17-9-/t14-,16+,18-,21?/m0/s1. The van der Waals surface area contributed by atoms with E-state index in [9.17, 15) is 33.0 Å². The van der Waals surface area contributed by atoms with E-state index in [0.717, 1.165) is 0 Å². The highest BCUT2D eigenvalue weighted by Crippen LogP contribution is 2.28. The minimum atomic E-state index is -4.64. The lowest BCUT2D eigenvalue weighted by molar-refractivity contribution is -0.169. The number of rotatable bonds is 4. The van der Waals surface area contributed by atoms with Crippen LogP contribution in [0, 0.1) is 11.8 Å². The molecule has 2 N–H and O–H groups in total. The molecule has 1 aliphatic rings. The highest BCUT2D eigenvalue weighted by Gasteiger charge is 2.43. The molecule has 0 fully saturated rings. The van der Waals surface area contributed by atoms with Gasteiger partial charge in [-0.2, -0.15) is 13.2 Å². The second kappa shape index (κ2) is 10.9. The Morgan fingerprint density at radius 1 is 1.32 bits per heavy atom. The van der Waals surface area contributed by atoms with E-state index in [0.29, 0.717) is 24.0 Å². The van der Waals surface area contributed by atoms with E-state index in [-0.39, 0.29) is 11.7 Å². The topological polar surface area (TPSA) is 93.1 Å². The minimum Gasteiger partial charge on any atom is -0.489 e. The molecule has 0 amide bonds. The van der Waals surface area contributed by atoms with Crippen LogP contribution in [-0.4, -0.2) is 53.1 Å². The Labute approximate surface area is 180 Å². The molecule has 0 bridgehead atoms. The van der Waals surface area contributed by atoms with Crippen LogP contribution < -0.4 is 0 Å². The number of hydrogen-bond acceptors (Lipinski definition) is 6. The molecule has 0 aromatic rings. The number of Topliss-reactive ketones (excluding diaryl/α,β-unsaturated/α-hetero) is 1. The van der Waals surface area contributed by atoms with Gasteiger partial charge in [0.25, 0.3) is 0 Å². The number of ether oxygens (including phenoxy) is 2. The average molecular weight is 448 g/mol. The van der Waals surface area contributed by atoms with Gasteiger partial charge in [-0.3, -0.25) is 9.59 Å². The Morgan fingerprint density at radius 2 is 1.94 bits per heavy atom. The first kappa shape index (κ1) is 26.9. The normalized spacial score (nSPS) is 32.9. The van der Waals surface area contributed by atoms with Crippen molar-refractivity contribution >= 4 is 11.8 Å². The Hall–Kier alpha value is -2.13. The number of hydrogen-bond donors (Lipinski definition) is 2. The van der Waals surface area contributed by atoms with Gasteiger partial charge in [-0.05, 0) is 44.3 Å². The molecule has 0 aromatic carbocycles. The highest BCUT2D eigenvalue weighted by molar-refractivity contribution is 6.03. The van der Waals surface area contributed by atoms with Crippen molar-refractivity contribution < 1.29 is 42.4 Å². The second-order valence-corrected chi connectivity index (χ2v) is 8.05. The van der Waals surface area contributed by atoms with Gasteiger partial charge in [0.15, 0.2) is 18.0 Å². The number of aliphatic hydroxyl groups excluding tert-OH is 1. The van der Waals surface area contributed by atoms with E-state index in [2.05, 4.69) is 6.58 Å². The first-order valence-corrected chi connectivity index (χ1v) is 10.1. The summed E-state index contributed by atoms with van der Waals surface area (Å²) in [5.41, 5.74) is -1.16. The fourth-order valence-corrected chi connectivity index (χ4v) is 3.36. The molecule has 1 rings (SSSR count). The van der Waals surface area contributed by atoms with Crippen LogP contribution in [-0.2, 0) is 19.1 Å². The van der Waals surface area contributed by atoms with Crippen molar-refractivity contribution in [3.8, 4) is 0 Å². The van der Waals surface area contributed by atoms with E-state index < -0.39 is 55.2 Å². The van der Waals surface area contributed by atoms with Gasteiger partial charge in [0, 0.05) is 6.42 Å². The number of allylic oxidation sites excluding steroid dienone is 3. The number of carbonyl (C=O) groups excluding carboxylic acids is 2. The van der Waals surface area contributed by atoms with Gasteiger partial charge in [0.05, 0.1) is 12.4 Å². The lowest BCUT2D eigenvalue weighted by atomic mass is 9.86. The summed E-state index contributed by atoms with van der Waals surface area (Å²) < 4.78 is 48.3. The molecule has 0 aliphatic carbocycles. The maximum absolute atomic E-state index is 12.8. The van der Waals surface area contributed by atoms with Crippen molar-refractivity contribution in [3.63, 3.8) is 0 Å². The van der Waals surface area contributed by atoms with Gasteiger partial charge in [-0.1, -0.05) is 32.1 Å². The van der Waals surface area contributed by atoms with E-state index in [1.165, 1.54) is 13.0 Å². The van der Waals surface area contributed by atoms with Crippen molar-refractivity contribution in [2.45, 2.75) is 64.8 Å². The molecule has 1 heterocycles. The summed E-state index contributed by atoms with van der Waals surface area (Å²) in [5, 5.41) is 20.4. The van der Waals surface area contributed by atoms with Gasteiger partial charge >= 0.3 is 12.1 Å². The zero-order valence-electron chi connectivity index (χ0n) is 18.3. The van der Waals surface area contributed by atoms with Crippen LogP contribution in [0.15, 0.2) is 35.6 Å². The molecule has 0 saturated carbocycles. The molecule has 1 unspecified atom stereocenters. The Bertz CT molecular complexity index is 740. The molecule has 0 aromatic heterocycles. The minimum absolute atomic E-state index is 0.313. The fraction of sp³-hybridized carbons (Fsp3) is 0.636. The molecule has 1 aliphatic heterocycles. The van der Waals surface area contributed by atoms with E-state index in [1.807, 2.05) is 0 Å². The fourth-order valence-electron chi connectivity index (χ4n) is 3.36. The Balaban J connectivity index is 3.42. The summed E-state index contributed by atoms with van der Waals surface area (Å²) >= 11 is 0. The van der Waals surface area contributed by atoms with Crippen LogP contribution in [0.4, 0.5) is 13.2 Å². The molecular weight excluding hydrogens is 417 g/mol. The van der Waals surface area contributed by atoms with Crippen molar-refractivity contribution in [3.05, 3.63) is 35.6 Å². The van der Waals surface area contributed by atoms with E-state index >= 15 is 0 Å². The Kier molecular flexibility index (Phi) is 9.50. The van der Waals surface area contributed by atoms with E-state index in [4.69, 9.17) is 9.47 Å². The summed E-state index contributed by atoms with van der Waals surface area (Å²) in [6, 6.07) is 0. The summed E-state index contributed by atoms with van der Waals surface area (Å²) in [6.07, 6.45) is -2.08. The lowest BCUT2D eigenvalue weighted by Gasteiger charge is -2.29. The van der Waals surface area contributed by atoms with Gasteiger partial charge in [-0.15, -0.1) is 0 Å². The second-order valence-electron chi connectivity index (χ2n) is 8.05. The van der Waals surface area contributed by atoms with Crippen LogP contribution in [0.25, 0.3) is 0 Å². The number of esters is 1. The van der Waals surface area contributed by atoms with Crippen LogP contribution in [0.5, 0.6) is 0 Å². The third kappa shape index (κ3) is 8.14. The molecule has 0 saturated heterocycles. The quantitative estimate of drug-likeness (QED) is 0.504. The molecule has 9 heteroatoms. The van der Waals surface area contributed by atoms with Gasteiger partial charge in [0.1, 0.15) is 12.0 Å². The molecule has 4 atom stereocenters. The summed E-state index contributed by atoms with van der Waals surface area (Å²) in [6.45, 7) is 7.69. The summed E-state index contributed by atoms with van der Waals surface area (Å²) in [5.74, 6) is -4.08. The first-order chi connectivity index (χ1) is 14.2. The van der Waals surface area contributed by atoms with Crippen LogP contribution in [0.2, 0.25) is 0 Å².